The Hall–Kier alpha value is -0.570. The van der Waals surface area contributed by atoms with E-state index < -0.39 is 0 Å². The molecule has 0 saturated heterocycles. The number of hydrogen-bond donors (Lipinski definition) is 0. The zero-order chi connectivity index (χ0) is 9.52. The average Bonchev–Trinajstić information content (AvgIpc) is 2.15. The molecule has 1 rings (SSSR count). The molecule has 1 aromatic rings. The van der Waals surface area contributed by atoms with Gasteiger partial charge in [0.25, 0.3) is 0 Å². The van der Waals surface area contributed by atoms with Crippen LogP contribution in [0.2, 0.25) is 5.02 Å². The SMILES string of the molecule is COCOCCc1ccccc1Cl. The Bertz CT molecular complexity index is 250. The second-order valence-corrected chi connectivity index (χ2v) is 3.06. The van der Waals surface area contributed by atoms with Gasteiger partial charge in [0.15, 0.2) is 0 Å². The first kappa shape index (κ1) is 10.5. The van der Waals surface area contributed by atoms with Crippen LogP contribution in [0.15, 0.2) is 24.3 Å². The summed E-state index contributed by atoms with van der Waals surface area (Å²) in [6.07, 6.45) is 0.822. The first-order chi connectivity index (χ1) is 6.34. The summed E-state index contributed by atoms with van der Waals surface area (Å²) in [6.45, 7) is 0.974. The average molecular weight is 201 g/mol. The van der Waals surface area contributed by atoms with Gasteiger partial charge >= 0.3 is 0 Å². The minimum atomic E-state index is 0.338. The number of methoxy groups -OCH3 is 1. The molecule has 0 aromatic heterocycles. The van der Waals surface area contributed by atoms with Crippen molar-refractivity contribution >= 4 is 11.6 Å². The Balaban J connectivity index is 2.32. The summed E-state index contributed by atoms with van der Waals surface area (Å²) < 4.78 is 9.92. The maximum atomic E-state index is 5.95. The van der Waals surface area contributed by atoms with Crippen molar-refractivity contribution in [2.75, 3.05) is 20.5 Å². The second kappa shape index (κ2) is 5.97. The number of ether oxygens (including phenoxy) is 2. The Morgan fingerprint density at radius 1 is 1.31 bits per heavy atom. The zero-order valence-corrected chi connectivity index (χ0v) is 8.38. The standard InChI is InChI=1S/C10H13ClO2/c1-12-8-13-7-6-9-4-2-3-5-10(9)11/h2-5H,6-8H2,1H3. The highest BCUT2D eigenvalue weighted by Crippen LogP contribution is 2.15. The molecule has 0 spiro atoms. The molecular formula is C10H13ClO2. The number of rotatable bonds is 5. The van der Waals surface area contributed by atoms with Gasteiger partial charge in [0.05, 0.1) is 6.61 Å². The van der Waals surface area contributed by atoms with Crippen molar-refractivity contribution in [3.05, 3.63) is 34.9 Å². The molecule has 0 aliphatic heterocycles. The molecule has 2 nitrogen and oxygen atoms in total. The maximum Gasteiger partial charge on any atom is 0.146 e. The van der Waals surface area contributed by atoms with E-state index in [4.69, 9.17) is 21.1 Å². The molecule has 72 valence electrons. The second-order valence-electron chi connectivity index (χ2n) is 2.66. The lowest BCUT2D eigenvalue weighted by molar-refractivity contribution is -0.0291. The molecule has 0 heterocycles. The molecule has 0 fully saturated rings. The van der Waals surface area contributed by atoms with Crippen molar-refractivity contribution in [3.63, 3.8) is 0 Å². The van der Waals surface area contributed by atoms with E-state index in [0.717, 1.165) is 17.0 Å². The summed E-state index contributed by atoms with van der Waals surface area (Å²) in [5.74, 6) is 0. The predicted octanol–water partition coefficient (Wildman–Crippen LogP) is 2.50. The van der Waals surface area contributed by atoms with Crippen LogP contribution in [0.3, 0.4) is 0 Å². The van der Waals surface area contributed by atoms with E-state index in [-0.39, 0.29) is 0 Å². The largest absolute Gasteiger partial charge is 0.359 e. The van der Waals surface area contributed by atoms with Crippen LogP contribution in [-0.2, 0) is 15.9 Å². The van der Waals surface area contributed by atoms with Crippen molar-refractivity contribution in [2.24, 2.45) is 0 Å². The van der Waals surface area contributed by atoms with Gasteiger partial charge in [-0.05, 0) is 18.1 Å². The third-order valence-electron chi connectivity index (χ3n) is 1.67. The first-order valence-corrected chi connectivity index (χ1v) is 4.52. The van der Waals surface area contributed by atoms with Crippen molar-refractivity contribution < 1.29 is 9.47 Å². The minimum Gasteiger partial charge on any atom is -0.359 e. The van der Waals surface area contributed by atoms with Gasteiger partial charge in [0.1, 0.15) is 6.79 Å². The Labute approximate surface area is 83.4 Å². The normalized spacial score (nSPS) is 10.3. The topological polar surface area (TPSA) is 18.5 Å². The fourth-order valence-corrected chi connectivity index (χ4v) is 1.26. The quantitative estimate of drug-likeness (QED) is 0.537. The first-order valence-electron chi connectivity index (χ1n) is 4.14. The van der Waals surface area contributed by atoms with Crippen molar-refractivity contribution in [3.8, 4) is 0 Å². The fraction of sp³-hybridized carbons (Fsp3) is 0.400. The highest BCUT2D eigenvalue weighted by atomic mass is 35.5. The van der Waals surface area contributed by atoms with Crippen LogP contribution in [-0.4, -0.2) is 20.5 Å². The van der Waals surface area contributed by atoms with E-state index in [0.29, 0.717) is 13.4 Å². The molecule has 0 radical (unpaired) electrons. The molecule has 1 aromatic carbocycles. The lowest BCUT2D eigenvalue weighted by atomic mass is 10.2. The molecule has 3 heteroatoms. The van der Waals surface area contributed by atoms with Gasteiger partial charge in [-0.25, -0.2) is 0 Å². The third-order valence-corrected chi connectivity index (χ3v) is 2.04. The zero-order valence-electron chi connectivity index (χ0n) is 7.63. The Morgan fingerprint density at radius 2 is 2.08 bits per heavy atom. The lowest BCUT2D eigenvalue weighted by Crippen LogP contribution is -2.01. The van der Waals surface area contributed by atoms with Gasteiger partial charge in [-0.1, -0.05) is 29.8 Å². The molecule has 0 bridgehead atoms. The smallest absolute Gasteiger partial charge is 0.146 e. The van der Waals surface area contributed by atoms with Crippen LogP contribution in [0.5, 0.6) is 0 Å². The molecule has 0 amide bonds. The van der Waals surface area contributed by atoms with E-state index in [1.54, 1.807) is 7.11 Å². The predicted molar refractivity (Wildman–Crippen MR) is 53.0 cm³/mol. The van der Waals surface area contributed by atoms with Crippen LogP contribution in [0.25, 0.3) is 0 Å². The number of hydrogen-bond acceptors (Lipinski definition) is 2. The summed E-state index contributed by atoms with van der Waals surface area (Å²) in [5.41, 5.74) is 1.11. The Kier molecular flexibility index (Phi) is 4.83. The maximum absolute atomic E-state index is 5.95. The van der Waals surface area contributed by atoms with Crippen LogP contribution in [0.4, 0.5) is 0 Å². The molecular weight excluding hydrogens is 188 g/mol. The van der Waals surface area contributed by atoms with Crippen LogP contribution >= 0.6 is 11.6 Å². The van der Waals surface area contributed by atoms with Gasteiger partial charge in [-0.15, -0.1) is 0 Å². The summed E-state index contributed by atoms with van der Waals surface area (Å²) in [7, 11) is 1.61. The summed E-state index contributed by atoms with van der Waals surface area (Å²) in [4.78, 5) is 0. The molecule has 0 N–H and O–H groups in total. The van der Waals surface area contributed by atoms with Crippen LogP contribution in [0.1, 0.15) is 5.56 Å². The van der Waals surface area contributed by atoms with Gasteiger partial charge in [-0.3, -0.25) is 0 Å². The number of halogens is 1. The fourth-order valence-electron chi connectivity index (χ4n) is 1.03. The van der Waals surface area contributed by atoms with Gasteiger partial charge < -0.3 is 9.47 Å². The Morgan fingerprint density at radius 3 is 2.77 bits per heavy atom. The number of benzene rings is 1. The van der Waals surface area contributed by atoms with E-state index in [1.807, 2.05) is 24.3 Å². The highest BCUT2D eigenvalue weighted by Gasteiger charge is 1.97. The van der Waals surface area contributed by atoms with Crippen molar-refractivity contribution in [1.29, 1.82) is 0 Å². The molecule has 0 unspecified atom stereocenters. The van der Waals surface area contributed by atoms with E-state index >= 15 is 0 Å². The van der Waals surface area contributed by atoms with Gasteiger partial charge in [0.2, 0.25) is 0 Å². The van der Waals surface area contributed by atoms with Gasteiger partial charge in [-0.2, -0.15) is 0 Å². The van der Waals surface area contributed by atoms with Crippen molar-refractivity contribution in [2.45, 2.75) is 6.42 Å². The molecule has 0 aliphatic carbocycles. The molecule has 13 heavy (non-hydrogen) atoms. The minimum absolute atomic E-state index is 0.338. The molecule has 0 saturated carbocycles. The van der Waals surface area contributed by atoms with Crippen LogP contribution in [0, 0.1) is 0 Å². The summed E-state index contributed by atoms with van der Waals surface area (Å²) >= 11 is 5.95. The van der Waals surface area contributed by atoms with E-state index in [2.05, 4.69) is 0 Å². The summed E-state index contributed by atoms with van der Waals surface area (Å²) in [6, 6.07) is 7.77. The lowest BCUT2D eigenvalue weighted by Gasteiger charge is -2.04. The van der Waals surface area contributed by atoms with Gasteiger partial charge in [0, 0.05) is 12.1 Å². The van der Waals surface area contributed by atoms with Crippen LogP contribution < -0.4 is 0 Å². The van der Waals surface area contributed by atoms with E-state index in [1.165, 1.54) is 0 Å². The van der Waals surface area contributed by atoms with E-state index in [9.17, 15) is 0 Å². The van der Waals surface area contributed by atoms with Crippen molar-refractivity contribution in [1.82, 2.24) is 0 Å². The highest BCUT2D eigenvalue weighted by molar-refractivity contribution is 6.31. The summed E-state index contributed by atoms with van der Waals surface area (Å²) in [5, 5.41) is 0.795. The monoisotopic (exact) mass is 200 g/mol. The third kappa shape index (κ3) is 3.77. The molecule has 0 atom stereocenters. The molecule has 0 aliphatic rings.